The lowest BCUT2D eigenvalue weighted by molar-refractivity contribution is -0.126. The van der Waals surface area contributed by atoms with Crippen LogP contribution in [-0.2, 0) is 11.2 Å². The van der Waals surface area contributed by atoms with E-state index in [4.69, 9.17) is 9.72 Å². The van der Waals surface area contributed by atoms with Gasteiger partial charge in [-0.1, -0.05) is 12.8 Å². The predicted octanol–water partition coefficient (Wildman–Crippen LogP) is 4.41. The molecule has 2 amide bonds. The molecule has 0 bridgehead atoms. The summed E-state index contributed by atoms with van der Waals surface area (Å²) >= 11 is 0. The number of aromatic nitrogens is 4. The Labute approximate surface area is 273 Å². The molecular formula is C35H38N8O4. The summed E-state index contributed by atoms with van der Waals surface area (Å²) in [6.07, 6.45) is 11.4. The number of anilines is 3. The number of amides is 2. The minimum atomic E-state index is -0.191. The number of benzene rings is 1. The standard InChI is InChI=1S/C35H38N8O4/c1-40(2)34(46)28-20-25-21-37-35(39-33(25)43(28)26-5-3-4-6-26)38-31-11-8-27(22-36-31)41-14-16-42(17-15-41)32(45)12-9-29(44)23-7-10-30-24(19-23)13-18-47-30/h7-12,19-22,26H,3-6,13-18H2,1-2H3,(H,36,37,38,39)/b12-9+. The topological polar surface area (TPSA) is 126 Å². The average molecular weight is 635 g/mol. The van der Waals surface area contributed by atoms with Crippen LogP contribution in [0.25, 0.3) is 11.0 Å². The van der Waals surface area contributed by atoms with Gasteiger partial charge in [-0.05, 0) is 60.9 Å². The summed E-state index contributed by atoms with van der Waals surface area (Å²) in [5, 5.41) is 4.06. The van der Waals surface area contributed by atoms with Crippen LogP contribution in [-0.4, -0.2) is 93.8 Å². The van der Waals surface area contributed by atoms with E-state index in [1.54, 1.807) is 42.4 Å². The molecule has 1 aromatic carbocycles. The number of nitrogens with zero attached hydrogens (tertiary/aromatic N) is 7. The normalized spacial score (nSPS) is 16.5. The third-order valence-electron chi connectivity index (χ3n) is 9.19. The Hall–Kier alpha value is -5.26. The summed E-state index contributed by atoms with van der Waals surface area (Å²) in [5.74, 6) is 1.45. The van der Waals surface area contributed by atoms with Crippen molar-refractivity contribution < 1.29 is 19.1 Å². The number of fused-ring (bicyclic) bond motifs is 2. The Bertz CT molecular complexity index is 1850. The molecule has 3 aromatic heterocycles. The molecule has 0 spiro atoms. The smallest absolute Gasteiger partial charge is 0.270 e. The van der Waals surface area contributed by atoms with Gasteiger partial charge in [-0.2, -0.15) is 4.98 Å². The number of ether oxygens (including phenoxy) is 1. The fourth-order valence-corrected chi connectivity index (χ4v) is 6.63. The molecular weight excluding hydrogens is 596 g/mol. The lowest BCUT2D eigenvalue weighted by atomic mass is 10.1. The maximum atomic E-state index is 13.0. The summed E-state index contributed by atoms with van der Waals surface area (Å²) in [4.78, 5) is 57.9. The van der Waals surface area contributed by atoms with Crippen molar-refractivity contribution in [3.8, 4) is 5.75 Å². The first kappa shape index (κ1) is 30.4. The van der Waals surface area contributed by atoms with E-state index in [1.807, 2.05) is 30.3 Å². The zero-order valence-corrected chi connectivity index (χ0v) is 26.7. The quantitative estimate of drug-likeness (QED) is 0.222. The van der Waals surface area contributed by atoms with E-state index >= 15 is 0 Å². The van der Waals surface area contributed by atoms with Crippen molar-refractivity contribution in [1.82, 2.24) is 29.3 Å². The first-order valence-electron chi connectivity index (χ1n) is 16.2. The van der Waals surface area contributed by atoms with Gasteiger partial charge in [0.15, 0.2) is 5.78 Å². The number of hydrogen-bond donors (Lipinski definition) is 1. The fraction of sp³-hybridized carbons (Fsp3) is 0.371. The molecule has 4 aromatic rings. The Morgan fingerprint density at radius 1 is 0.957 bits per heavy atom. The van der Waals surface area contributed by atoms with Gasteiger partial charge >= 0.3 is 0 Å². The number of piperazine rings is 1. The number of rotatable bonds is 8. The predicted molar refractivity (Wildman–Crippen MR) is 178 cm³/mol. The number of carbonyl (C=O) groups is 3. The number of allylic oxidation sites excluding steroid dienone is 1. The number of pyridine rings is 1. The zero-order chi connectivity index (χ0) is 32.5. The lowest BCUT2D eigenvalue weighted by Crippen LogP contribution is -2.48. The molecule has 242 valence electrons. The Kier molecular flexibility index (Phi) is 8.32. The number of nitrogens with one attached hydrogen (secondary N) is 1. The monoisotopic (exact) mass is 634 g/mol. The second kappa shape index (κ2) is 12.9. The van der Waals surface area contributed by atoms with Gasteiger partial charge in [-0.15, -0.1) is 0 Å². The van der Waals surface area contributed by atoms with Gasteiger partial charge in [0.2, 0.25) is 11.9 Å². The second-order valence-corrected chi connectivity index (χ2v) is 12.5. The molecule has 1 saturated carbocycles. The molecule has 7 rings (SSSR count). The summed E-state index contributed by atoms with van der Waals surface area (Å²) in [7, 11) is 3.53. The minimum Gasteiger partial charge on any atom is -0.493 e. The first-order valence-corrected chi connectivity index (χ1v) is 16.2. The molecule has 2 aliphatic heterocycles. The van der Waals surface area contributed by atoms with E-state index in [0.29, 0.717) is 55.8 Å². The molecule has 1 saturated heterocycles. The molecule has 0 unspecified atom stereocenters. The van der Waals surface area contributed by atoms with Crippen LogP contribution in [0.15, 0.2) is 60.9 Å². The Morgan fingerprint density at radius 3 is 2.51 bits per heavy atom. The van der Waals surface area contributed by atoms with Gasteiger partial charge in [0.25, 0.3) is 5.91 Å². The summed E-state index contributed by atoms with van der Waals surface area (Å²) < 4.78 is 7.60. The summed E-state index contributed by atoms with van der Waals surface area (Å²) in [5.41, 5.74) is 3.93. The molecule has 0 atom stereocenters. The van der Waals surface area contributed by atoms with Crippen LogP contribution < -0.4 is 15.0 Å². The van der Waals surface area contributed by atoms with Crippen LogP contribution in [0.4, 0.5) is 17.5 Å². The highest BCUT2D eigenvalue weighted by Crippen LogP contribution is 2.35. The number of hydrogen-bond acceptors (Lipinski definition) is 9. The van der Waals surface area contributed by atoms with Crippen LogP contribution in [0, 0.1) is 0 Å². The second-order valence-electron chi connectivity index (χ2n) is 12.5. The van der Waals surface area contributed by atoms with Gasteiger partial charge in [-0.25, -0.2) is 9.97 Å². The molecule has 1 N–H and O–H groups in total. The van der Waals surface area contributed by atoms with Crippen molar-refractivity contribution in [2.24, 2.45) is 0 Å². The van der Waals surface area contributed by atoms with Gasteiger partial charge in [0.1, 0.15) is 22.9 Å². The van der Waals surface area contributed by atoms with Crippen molar-refractivity contribution in [3.63, 3.8) is 0 Å². The highest BCUT2D eigenvalue weighted by atomic mass is 16.5. The molecule has 5 heterocycles. The third-order valence-corrected chi connectivity index (χ3v) is 9.19. The van der Waals surface area contributed by atoms with Crippen molar-refractivity contribution in [2.75, 3.05) is 57.1 Å². The van der Waals surface area contributed by atoms with E-state index < -0.39 is 0 Å². The molecule has 2 fully saturated rings. The maximum Gasteiger partial charge on any atom is 0.270 e. The summed E-state index contributed by atoms with van der Waals surface area (Å²) in [6, 6.07) is 11.4. The molecule has 47 heavy (non-hydrogen) atoms. The van der Waals surface area contributed by atoms with Crippen LogP contribution in [0.1, 0.15) is 58.1 Å². The van der Waals surface area contributed by atoms with Crippen LogP contribution in [0.5, 0.6) is 5.75 Å². The molecule has 1 aliphatic carbocycles. The van der Waals surface area contributed by atoms with Gasteiger partial charge in [0, 0.05) is 76.0 Å². The van der Waals surface area contributed by atoms with Gasteiger partial charge < -0.3 is 29.3 Å². The third kappa shape index (κ3) is 6.27. The lowest BCUT2D eigenvalue weighted by Gasteiger charge is -2.35. The van der Waals surface area contributed by atoms with Gasteiger partial charge in [-0.3, -0.25) is 14.4 Å². The van der Waals surface area contributed by atoms with E-state index in [1.165, 1.54) is 12.2 Å². The average Bonchev–Trinajstić information content (AvgIpc) is 3.87. The van der Waals surface area contributed by atoms with Crippen LogP contribution in [0.3, 0.4) is 0 Å². The van der Waals surface area contributed by atoms with E-state index in [9.17, 15) is 14.4 Å². The van der Waals surface area contributed by atoms with E-state index in [0.717, 1.165) is 60.1 Å². The largest absolute Gasteiger partial charge is 0.493 e. The molecule has 3 aliphatic rings. The maximum absolute atomic E-state index is 13.0. The highest BCUT2D eigenvalue weighted by molar-refractivity contribution is 6.07. The van der Waals surface area contributed by atoms with E-state index in [2.05, 4.69) is 24.8 Å². The molecule has 12 heteroatoms. The van der Waals surface area contributed by atoms with Crippen molar-refractivity contribution in [1.29, 1.82) is 0 Å². The highest BCUT2D eigenvalue weighted by Gasteiger charge is 2.27. The number of ketones is 1. The first-order chi connectivity index (χ1) is 22.8. The molecule has 0 radical (unpaired) electrons. The summed E-state index contributed by atoms with van der Waals surface area (Å²) in [6.45, 7) is 3.02. The zero-order valence-electron chi connectivity index (χ0n) is 26.7. The fourth-order valence-electron chi connectivity index (χ4n) is 6.63. The Morgan fingerprint density at radius 2 is 1.77 bits per heavy atom. The number of carbonyl (C=O) groups excluding carboxylic acids is 3. The minimum absolute atomic E-state index is 0.0415. The van der Waals surface area contributed by atoms with Crippen LogP contribution in [0.2, 0.25) is 0 Å². The van der Waals surface area contributed by atoms with Crippen molar-refractivity contribution in [2.45, 2.75) is 38.1 Å². The van der Waals surface area contributed by atoms with Crippen molar-refractivity contribution >= 4 is 46.1 Å². The Balaban J connectivity index is 0.966. The van der Waals surface area contributed by atoms with E-state index in [-0.39, 0.29) is 23.6 Å². The van der Waals surface area contributed by atoms with Crippen LogP contribution >= 0.6 is 0 Å². The van der Waals surface area contributed by atoms with Gasteiger partial charge in [0.05, 0.1) is 18.5 Å². The molecule has 12 nitrogen and oxygen atoms in total. The SMILES string of the molecule is CN(C)C(=O)c1cc2cnc(Nc3ccc(N4CCN(C(=O)/C=C/C(=O)c5ccc6c(c5)CCO6)CC4)cn3)nc2n1C1CCCC1. The van der Waals surface area contributed by atoms with Crippen molar-refractivity contribution in [3.05, 3.63) is 77.8 Å².